The first-order valence-electron chi connectivity index (χ1n) is 7.84. The van der Waals surface area contributed by atoms with Crippen LogP contribution in [0.2, 0.25) is 0 Å². The van der Waals surface area contributed by atoms with Gasteiger partial charge in [-0.25, -0.2) is 10.0 Å². The molecule has 2 aromatic rings. The van der Waals surface area contributed by atoms with Crippen LogP contribution in [0.15, 0.2) is 60.7 Å². The molecule has 2 amide bonds. The molecular formula is C19H20N2O2. The summed E-state index contributed by atoms with van der Waals surface area (Å²) in [6.07, 6.45) is 0. The summed E-state index contributed by atoms with van der Waals surface area (Å²) in [7, 11) is 0. The maximum atomic E-state index is 12.8. The van der Waals surface area contributed by atoms with Crippen molar-refractivity contribution in [3.63, 3.8) is 0 Å². The zero-order valence-electron chi connectivity index (χ0n) is 13.3. The quantitative estimate of drug-likeness (QED) is 0.814. The fourth-order valence-corrected chi connectivity index (χ4v) is 2.93. The Labute approximate surface area is 136 Å². The highest BCUT2D eigenvalue weighted by atomic mass is 16.2. The van der Waals surface area contributed by atoms with Crippen molar-refractivity contribution >= 4 is 17.5 Å². The highest BCUT2D eigenvalue weighted by Gasteiger charge is 2.47. The molecule has 1 atom stereocenters. The number of amides is 2. The molecule has 1 unspecified atom stereocenters. The predicted octanol–water partition coefficient (Wildman–Crippen LogP) is 3.25. The molecule has 118 valence electrons. The third-order valence-electron chi connectivity index (χ3n) is 4.08. The highest BCUT2D eigenvalue weighted by molar-refractivity contribution is 6.14. The third kappa shape index (κ3) is 2.84. The van der Waals surface area contributed by atoms with Crippen molar-refractivity contribution in [2.45, 2.75) is 20.4 Å². The van der Waals surface area contributed by atoms with Crippen molar-refractivity contribution < 1.29 is 9.59 Å². The van der Waals surface area contributed by atoms with Crippen molar-refractivity contribution in [1.82, 2.24) is 5.01 Å². The molecule has 0 aromatic heterocycles. The molecule has 4 heteroatoms. The number of rotatable bonds is 4. The summed E-state index contributed by atoms with van der Waals surface area (Å²) in [6.45, 7) is 4.22. The molecule has 2 aromatic carbocycles. The van der Waals surface area contributed by atoms with E-state index in [-0.39, 0.29) is 17.7 Å². The molecule has 0 saturated carbocycles. The van der Waals surface area contributed by atoms with Crippen LogP contribution >= 0.6 is 0 Å². The van der Waals surface area contributed by atoms with Gasteiger partial charge < -0.3 is 0 Å². The number of hydrogen-bond donors (Lipinski definition) is 0. The molecule has 1 heterocycles. The number of hydrogen-bond acceptors (Lipinski definition) is 2. The second-order valence-corrected chi connectivity index (χ2v) is 6.09. The Bertz CT molecular complexity index is 698. The summed E-state index contributed by atoms with van der Waals surface area (Å²) in [4.78, 5) is 25.6. The summed E-state index contributed by atoms with van der Waals surface area (Å²) in [6, 6.07) is 19.1. The molecule has 23 heavy (non-hydrogen) atoms. The summed E-state index contributed by atoms with van der Waals surface area (Å²) < 4.78 is 0. The Kier molecular flexibility index (Phi) is 4.15. The maximum Gasteiger partial charge on any atom is 0.258 e. The molecule has 0 bridgehead atoms. The first kappa shape index (κ1) is 15.3. The van der Waals surface area contributed by atoms with E-state index in [1.165, 1.54) is 5.01 Å². The van der Waals surface area contributed by atoms with E-state index in [1.807, 2.05) is 74.5 Å². The van der Waals surface area contributed by atoms with E-state index in [9.17, 15) is 9.59 Å². The predicted molar refractivity (Wildman–Crippen MR) is 89.2 cm³/mol. The summed E-state index contributed by atoms with van der Waals surface area (Å²) >= 11 is 0. The minimum atomic E-state index is -0.612. The van der Waals surface area contributed by atoms with Gasteiger partial charge in [0.2, 0.25) is 0 Å². The van der Waals surface area contributed by atoms with Gasteiger partial charge in [0.05, 0.1) is 12.2 Å². The standard InChI is InChI=1S/C19H20N2O2/c1-14(2)17-18(22)20(13-15-9-5-3-6-10-15)21(19(17)23)16-11-7-4-8-12-16/h3-12,14,17H,13H2,1-2H3. The molecule has 3 rings (SSSR count). The first-order chi connectivity index (χ1) is 11.1. The van der Waals surface area contributed by atoms with Crippen molar-refractivity contribution in [2.75, 3.05) is 5.01 Å². The number of para-hydroxylation sites is 1. The monoisotopic (exact) mass is 308 g/mol. The lowest BCUT2D eigenvalue weighted by molar-refractivity contribution is -0.134. The van der Waals surface area contributed by atoms with Gasteiger partial charge in [-0.2, -0.15) is 0 Å². The smallest absolute Gasteiger partial charge is 0.258 e. The van der Waals surface area contributed by atoms with Crippen molar-refractivity contribution in [1.29, 1.82) is 0 Å². The number of benzene rings is 2. The van der Waals surface area contributed by atoms with Crippen molar-refractivity contribution in [3.05, 3.63) is 66.2 Å². The summed E-state index contributed by atoms with van der Waals surface area (Å²) in [5.41, 5.74) is 1.73. The van der Waals surface area contributed by atoms with Gasteiger partial charge in [-0.15, -0.1) is 0 Å². The third-order valence-corrected chi connectivity index (χ3v) is 4.08. The zero-order chi connectivity index (χ0) is 16.4. The fourth-order valence-electron chi connectivity index (χ4n) is 2.93. The second kappa shape index (κ2) is 6.24. The molecule has 0 radical (unpaired) electrons. The Morgan fingerprint density at radius 2 is 1.43 bits per heavy atom. The largest absolute Gasteiger partial charge is 0.272 e. The van der Waals surface area contributed by atoms with E-state index < -0.39 is 5.92 Å². The molecule has 1 fully saturated rings. The molecule has 1 saturated heterocycles. The first-order valence-corrected chi connectivity index (χ1v) is 7.84. The molecule has 4 nitrogen and oxygen atoms in total. The fraction of sp³-hybridized carbons (Fsp3) is 0.263. The van der Waals surface area contributed by atoms with E-state index in [0.29, 0.717) is 6.54 Å². The van der Waals surface area contributed by atoms with Crippen LogP contribution in [-0.2, 0) is 16.1 Å². The molecule has 0 aliphatic carbocycles. The Hall–Kier alpha value is -2.62. The van der Waals surface area contributed by atoms with Crippen LogP contribution < -0.4 is 5.01 Å². The lowest BCUT2D eigenvalue weighted by Gasteiger charge is -2.27. The minimum Gasteiger partial charge on any atom is -0.272 e. The van der Waals surface area contributed by atoms with Crippen LogP contribution in [0, 0.1) is 11.8 Å². The molecule has 1 aliphatic heterocycles. The van der Waals surface area contributed by atoms with E-state index in [0.717, 1.165) is 11.3 Å². The van der Waals surface area contributed by atoms with E-state index in [2.05, 4.69) is 0 Å². The van der Waals surface area contributed by atoms with Crippen LogP contribution in [0.3, 0.4) is 0 Å². The Balaban J connectivity index is 1.99. The summed E-state index contributed by atoms with van der Waals surface area (Å²) in [5, 5.41) is 3.09. The number of anilines is 1. The summed E-state index contributed by atoms with van der Waals surface area (Å²) in [5.74, 6) is -0.911. The number of carbonyl (C=O) groups is 2. The van der Waals surface area contributed by atoms with Gasteiger partial charge in [0.15, 0.2) is 0 Å². The van der Waals surface area contributed by atoms with E-state index in [4.69, 9.17) is 0 Å². The molecule has 0 N–H and O–H groups in total. The molecular weight excluding hydrogens is 288 g/mol. The molecule has 1 aliphatic rings. The number of nitrogens with zero attached hydrogens (tertiary/aromatic N) is 2. The van der Waals surface area contributed by atoms with Crippen LogP contribution in [-0.4, -0.2) is 16.8 Å². The van der Waals surface area contributed by atoms with Gasteiger partial charge >= 0.3 is 0 Å². The van der Waals surface area contributed by atoms with Gasteiger partial charge in [0.1, 0.15) is 5.92 Å². The normalized spacial score (nSPS) is 18.1. The van der Waals surface area contributed by atoms with Crippen LogP contribution in [0.5, 0.6) is 0 Å². The molecule has 0 spiro atoms. The Morgan fingerprint density at radius 1 is 0.870 bits per heavy atom. The highest BCUT2D eigenvalue weighted by Crippen LogP contribution is 2.32. The minimum absolute atomic E-state index is 0.0259. The second-order valence-electron chi connectivity index (χ2n) is 6.09. The van der Waals surface area contributed by atoms with Crippen LogP contribution in [0.1, 0.15) is 19.4 Å². The van der Waals surface area contributed by atoms with E-state index >= 15 is 0 Å². The van der Waals surface area contributed by atoms with Crippen LogP contribution in [0.25, 0.3) is 0 Å². The average Bonchev–Trinajstić information content (AvgIpc) is 2.80. The lowest BCUT2D eigenvalue weighted by Crippen LogP contribution is -2.40. The van der Waals surface area contributed by atoms with Crippen LogP contribution in [0.4, 0.5) is 5.69 Å². The topological polar surface area (TPSA) is 40.6 Å². The van der Waals surface area contributed by atoms with Crippen molar-refractivity contribution in [3.8, 4) is 0 Å². The van der Waals surface area contributed by atoms with Gasteiger partial charge in [0, 0.05) is 0 Å². The Morgan fingerprint density at radius 3 is 2.00 bits per heavy atom. The zero-order valence-corrected chi connectivity index (χ0v) is 13.3. The maximum absolute atomic E-state index is 12.8. The van der Waals surface area contributed by atoms with Gasteiger partial charge in [-0.1, -0.05) is 62.4 Å². The van der Waals surface area contributed by atoms with Crippen molar-refractivity contribution in [2.24, 2.45) is 11.8 Å². The number of carbonyl (C=O) groups excluding carboxylic acids is 2. The number of hydrazine groups is 1. The SMILES string of the molecule is CC(C)C1C(=O)N(Cc2ccccc2)N(c2ccccc2)C1=O. The van der Waals surface area contributed by atoms with Gasteiger partial charge in [-0.3, -0.25) is 9.59 Å². The van der Waals surface area contributed by atoms with E-state index in [1.54, 1.807) is 5.01 Å². The lowest BCUT2D eigenvalue weighted by atomic mass is 9.95. The average molecular weight is 308 g/mol. The van der Waals surface area contributed by atoms with Gasteiger partial charge in [0.25, 0.3) is 11.8 Å². The van der Waals surface area contributed by atoms with Gasteiger partial charge in [-0.05, 0) is 23.6 Å².